The predicted molar refractivity (Wildman–Crippen MR) is 68.5 cm³/mol. The molecule has 1 aromatic carbocycles. The van der Waals surface area contributed by atoms with Gasteiger partial charge in [-0.15, -0.1) is 0 Å². The van der Waals surface area contributed by atoms with Crippen molar-refractivity contribution in [3.63, 3.8) is 0 Å². The van der Waals surface area contributed by atoms with Gasteiger partial charge in [-0.3, -0.25) is 0 Å². The van der Waals surface area contributed by atoms with Crippen molar-refractivity contribution in [3.8, 4) is 0 Å². The van der Waals surface area contributed by atoms with Crippen LogP contribution in [0.25, 0.3) is 0 Å². The summed E-state index contributed by atoms with van der Waals surface area (Å²) < 4.78 is 28.4. The Morgan fingerprint density at radius 1 is 1.35 bits per heavy atom. The second-order valence-electron chi connectivity index (χ2n) is 4.08. The van der Waals surface area contributed by atoms with E-state index in [4.69, 9.17) is 9.88 Å². The number of primary sulfonamides is 1. The summed E-state index contributed by atoms with van der Waals surface area (Å²) in [7, 11) is -3.66. The van der Waals surface area contributed by atoms with Gasteiger partial charge in [0, 0.05) is 6.61 Å². The number of alkyl halides is 1. The zero-order chi connectivity index (χ0) is 12.5. The normalized spacial score (nSPS) is 25.8. The quantitative estimate of drug-likeness (QED) is 0.847. The van der Waals surface area contributed by atoms with Gasteiger partial charge in [0.25, 0.3) is 0 Å². The molecule has 0 radical (unpaired) electrons. The lowest BCUT2D eigenvalue weighted by Crippen LogP contribution is -2.22. The smallest absolute Gasteiger partial charge is 0.238 e. The largest absolute Gasteiger partial charge is 0.367 e. The third-order valence-corrected chi connectivity index (χ3v) is 4.52. The number of hydrogen-bond acceptors (Lipinski definition) is 3. The van der Waals surface area contributed by atoms with Crippen LogP contribution in [0.3, 0.4) is 0 Å². The van der Waals surface area contributed by atoms with Gasteiger partial charge in [0.1, 0.15) is 5.01 Å². The van der Waals surface area contributed by atoms with Crippen LogP contribution in [0.4, 0.5) is 0 Å². The average molecular weight is 320 g/mol. The Morgan fingerprint density at radius 2 is 2.06 bits per heavy atom. The molecule has 0 bridgehead atoms. The molecule has 1 aliphatic rings. The molecular weight excluding hydrogens is 306 g/mol. The standard InChI is InChI=1S/C11H14BrNO3S/c12-11-7-8(5-6-16-11)9-3-1-2-4-10(9)17(13,14)15/h1-4,8,11H,5-7H2,(H2,13,14,15). The van der Waals surface area contributed by atoms with Crippen LogP contribution in [0.5, 0.6) is 0 Å². The number of nitrogens with two attached hydrogens (primary N) is 1. The first kappa shape index (κ1) is 13.0. The van der Waals surface area contributed by atoms with Crippen molar-refractivity contribution in [1.29, 1.82) is 0 Å². The van der Waals surface area contributed by atoms with E-state index in [0.29, 0.717) is 6.61 Å². The minimum atomic E-state index is -3.66. The molecule has 2 unspecified atom stereocenters. The molecule has 2 rings (SSSR count). The first-order chi connectivity index (χ1) is 7.98. The fourth-order valence-corrected chi connectivity index (χ4v) is 3.58. The Kier molecular flexibility index (Phi) is 3.87. The number of hydrogen-bond donors (Lipinski definition) is 1. The van der Waals surface area contributed by atoms with Crippen LogP contribution in [-0.2, 0) is 14.8 Å². The molecule has 0 saturated carbocycles. The van der Waals surface area contributed by atoms with Crippen molar-refractivity contribution in [2.75, 3.05) is 6.61 Å². The van der Waals surface area contributed by atoms with Crippen molar-refractivity contribution in [3.05, 3.63) is 29.8 Å². The maximum atomic E-state index is 11.5. The van der Waals surface area contributed by atoms with E-state index >= 15 is 0 Å². The van der Waals surface area contributed by atoms with E-state index in [2.05, 4.69) is 15.9 Å². The summed E-state index contributed by atoms with van der Waals surface area (Å²) in [6.45, 7) is 0.625. The van der Waals surface area contributed by atoms with Crippen molar-refractivity contribution >= 4 is 26.0 Å². The molecule has 0 aliphatic carbocycles. The molecule has 1 fully saturated rings. The molecule has 6 heteroatoms. The monoisotopic (exact) mass is 319 g/mol. The number of halogens is 1. The molecule has 1 heterocycles. The summed E-state index contributed by atoms with van der Waals surface area (Å²) in [5.74, 6) is 0.169. The molecule has 1 aromatic rings. The van der Waals surface area contributed by atoms with Gasteiger partial charge in [-0.25, -0.2) is 13.6 Å². The topological polar surface area (TPSA) is 69.4 Å². The molecule has 17 heavy (non-hydrogen) atoms. The van der Waals surface area contributed by atoms with E-state index in [-0.39, 0.29) is 15.8 Å². The maximum Gasteiger partial charge on any atom is 0.238 e. The number of benzene rings is 1. The van der Waals surface area contributed by atoms with Gasteiger partial charge in [-0.2, -0.15) is 0 Å². The lowest BCUT2D eigenvalue weighted by atomic mass is 9.92. The first-order valence-electron chi connectivity index (χ1n) is 5.36. The summed E-state index contributed by atoms with van der Waals surface area (Å²) in [5, 5.41) is 5.21. The molecule has 0 aromatic heterocycles. The lowest BCUT2D eigenvalue weighted by molar-refractivity contribution is 0.0656. The molecule has 94 valence electrons. The Balaban J connectivity index is 2.38. The van der Waals surface area contributed by atoms with Crippen LogP contribution in [0, 0.1) is 0 Å². The Morgan fingerprint density at radius 3 is 2.71 bits per heavy atom. The summed E-state index contributed by atoms with van der Waals surface area (Å²) in [4.78, 5) is 0.228. The van der Waals surface area contributed by atoms with Gasteiger partial charge in [-0.05, 0) is 30.4 Å². The highest BCUT2D eigenvalue weighted by atomic mass is 79.9. The van der Waals surface area contributed by atoms with E-state index in [1.165, 1.54) is 0 Å². The average Bonchev–Trinajstić information content (AvgIpc) is 2.28. The van der Waals surface area contributed by atoms with Crippen molar-refractivity contribution < 1.29 is 13.2 Å². The predicted octanol–water partition coefficient (Wildman–Crippen LogP) is 1.95. The molecule has 1 saturated heterocycles. The first-order valence-corrected chi connectivity index (χ1v) is 7.82. The van der Waals surface area contributed by atoms with Gasteiger partial charge in [-0.1, -0.05) is 34.1 Å². The zero-order valence-corrected chi connectivity index (χ0v) is 11.6. The molecule has 2 atom stereocenters. The zero-order valence-electron chi connectivity index (χ0n) is 9.17. The van der Waals surface area contributed by atoms with Crippen LogP contribution >= 0.6 is 15.9 Å². The molecule has 4 nitrogen and oxygen atoms in total. The van der Waals surface area contributed by atoms with Crippen molar-refractivity contribution in [2.45, 2.75) is 28.7 Å². The van der Waals surface area contributed by atoms with E-state index in [9.17, 15) is 8.42 Å². The molecular formula is C11H14BrNO3S. The van der Waals surface area contributed by atoms with Crippen molar-refractivity contribution in [2.24, 2.45) is 5.14 Å². The van der Waals surface area contributed by atoms with Crippen molar-refractivity contribution in [1.82, 2.24) is 0 Å². The van der Waals surface area contributed by atoms with Crippen LogP contribution in [0.2, 0.25) is 0 Å². The lowest BCUT2D eigenvalue weighted by Gasteiger charge is -2.27. The maximum absolute atomic E-state index is 11.5. The third kappa shape index (κ3) is 3.07. The van der Waals surface area contributed by atoms with Crippen LogP contribution in [0.1, 0.15) is 24.3 Å². The van der Waals surface area contributed by atoms with Gasteiger partial charge in [0.15, 0.2) is 0 Å². The summed E-state index contributed by atoms with van der Waals surface area (Å²) in [5.41, 5.74) is 0.794. The van der Waals surface area contributed by atoms with Gasteiger partial charge in [0.2, 0.25) is 10.0 Å². The summed E-state index contributed by atoms with van der Waals surface area (Å²) >= 11 is 3.40. The van der Waals surface area contributed by atoms with Gasteiger partial charge >= 0.3 is 0 Å². The van der Waals surface area contributed by atoms with E-state index in [1.54, 1.807) is 12.1 Å². The van der Waals surface area contributed by atoms with Gasteiger partial charge in [0.05, 0.1) is 4.90 Å². The second-order valence-corrected chi connectivity index (χ2v) is 6.64. The minimum Gasteiger partial charge on any atom is -0.367 e. The Labute approximate surface area is 109 Å². The highest BCUT2D eigenvalue weighted by Gasteiger charge is 2.26. The molecule has 0 spiro atoms. The highest BCUT2D eigenvalue weighted by molar-refractivity contribution is 9.09. The van der Waals surface area contributed by atoms with Gasteiger partial charge < -0.3 is 4.74 Å². The molecule has 2 N–H and O–H groups in total. The minimum absolute atomic E-state index is 0.0187. The second kappa shape index (κ2) is 5.06. The Hall–Kier alpha value is -0.430. The fourth-order valence-electron chi connectivity index (χ4n) is 2.11. The van der Waals surface area contributed by atoms with Crippen LogP contribution in [-0.4, -0.2) is 20.0 Å². The molecule has 0 amide bonds. The van der Waals surface area contributed by atoms with Crippen LogP contribution in [0.15, 0.2) is 29.2 Å². The third-order valence-electron chi connectivity index (χ3n) is 2.90. The van der Waals surface area contributed by atoms with E-state index in [0.717, 1.165) is 18.4 Å². The number of ether oxygens (including phenoxy) is 1. The fraction of sp³-hybridized carbons (Fsp3) is 0.455. The Bertz CT molecular complexity index is 503. The number of sulfonamides is 1. The molecule has 1 aliphatic heterocycles. The van der Waals surface area contributed by atoms with Crippen LogP contribution < -0.4 is 5.14 Å². The van der Waals surface area contributed by atoms with E-state index < -0.39 is 10.0 Å². The number of rotatable bonds is 2. The summed E-state index contributed by atoms with van der Waals surface area (Å²) in [6.07, 6.45) is 1.57. The van der Waals surface area contributed by atoms with E-state index in [1.807, 2.05) is 12.1 Å². The SMILES string of the molecule is NS(=O)(=O)c1ccccc1C1CCOC(Br)C1. The summed E-state index contributed by atoms with van der Waals surface area (Å²) in [6, 6.07) is 6.91. The highest BCUT2D eigenvalue weighted by Crippen LogP contribution is 2.34.